The summed E-state index contributed by atoms with van der Waals surface area (Å²) in [7, 11) is 1.82. The number of halogens is 2. The van der Waals surface area contributed by atoms with E-state index in [4.69, 9.17) is 28.9 Å². The average molecular weight is 270 g/mol. The molecule has 3 nitrogen and oxygen atoms in total. The van der Waals surface area contributed by atoms with E-state index < -0.39 is 0 Å². The van der Waals surface area contributed by atoms with Crippen LogP contribution in [-0.4, -0.2) is 9.78 Å². The Labute approximate surface area is 110 Å². The normalized spacial score (nSPS) is 12.8. The fourth-order valence-electron chi connectivity index (χ4n) is 1.73. The van der Waals surface area contributed by atoms with Crippen LogP contribution in [0.2, 0.25) is 10.0 Å². The van der Waals surface area contributed by atoms with Gasteiger partial charge in [-0.1, -0.05) is 35.3 Å². The molecule has 1 unspecified atom stereocenters. The zero-order valence-corrected chi connectivity index (χ0v) is 11.1. The molecule has 0 spiro atoms. The number of rotatable bonds is 2. The van der Waals surface area contributed by atoms with Crippen LogP contribution in [0.5, 0.6) is 0 Å². The minimum absolute atomic E-state index is 0.326. The Balaban J connectivity index is 2.43. The smallest absolute Gasteiger partial charge is 0.0837 e. The van der Waals surface area contributed by atoms with Crippen molar-refractivity contribution < 1.29 is 0 Å². The SMILES string of the molecule is Cc1ccc(C(N)c2c(Cl)cnn2C)cc1Cl. The molecular weight excluding hydrogens is 257 g/mol. The first kappa shape index (κ1) is 12.4. The third-order valence-corrected chi connectivity index (χ3v) is 3.49. The standard InChI is InChI=1S/C12H13Cl2N3/c1-7-3-4-8(5-9(7)13)11(15)12-10(14)6-16-17(12)2/h3-6,11H,15H2,1-2H3. The zero-order chi connectivity index (χ0) is 12.6. The van der Waals surface area contributed by atoms with Crippen molar-refractivity contribution in [2.75, 3.05) is 0 Å². The van der Waals surface area contributed by atoms with Crippen molar-refractivity contribution in [2.24, 2.45) is 12.8 Å². The summed E-state index contributed by atoms with van der Waals surface area (Å²) >= 11 is 12.2. The Morgan fingerprint density at radius 3 is 2.53 bits per heavy atom. The molecule has 1 heterocycles. The van der Waals surface area contributed by atoms with Crippen molar-refractivity contribution >= 4 is 23.2 Å². The van der Waals surface area contributed by atoms with Gasteiger partial charge in [-0.25, -0.2) is 0 Å². The molecule has 0 aliphatic carbocycles. The molecular formula is C12H13Cl2N3. The lowest BCUT2D eigenvalue weighted by Crippen LogP contribution is -2.16. The first-order valence-electron chi connectivity index (χ1n) is 5.19. The maximum Gasteiger partial charge on any atom is 0.0837 e. The minimum atomic E-state index is -0.326. The zero-order valence-electron chi connectivity index (χ0n) is 9.61. The molecule has 0 fully saturated rings. The van der Waals surface area contributed by atoms with E-state index in [1.54, 1.807) is 10.9 Å². The number of hydrogen-bond donors (Lipinski definition) is 1. The molecule has 90 valence electrons. The Morgan fingerprint density at radius 2 is 2.00 bits per heavy atom. The van der Waals surface area contributed by atoms with E-state index in [2.05, 4.69) is 5.10 Å². The predicted octanol–water partition coefficient (Wildman–Crippen LogP) is 3.08. The molecule has 17 heavy (non-hydrogen) atoms. The number of nitrogens with zero attached hydrogens (tertiary/aromatic N) is 2. The van der Waals surface area contributed by atoms with Crippen LogP contribution in [-0.2, 0) is 7.05 Å². The first-order chi connectivity index (χ1) is 8.00. The van der Waals surface area contributed by atoms with Crippen molar-refractivity contribution in [2.45, 2.75) is 13.0 Å². The van der Waals surface area contributed by atoms with Gasteiger partial charge in [0.1, 0.15) is 0 Å². The van der Waals surface area contributed by atoms with Crippen molar-refractivity contribution in [1.29, 1.82) is 0 Å². The molecule has 0 amide bonds. The molecule has 2 rings (SSSR count). The van der Waals surface area contributed by atoms with Crippen LogP contribution in [0.25, 0.3) is 0 Å². The number of aryl methyl sites for hydroxylation is 2. The van der Waals surface area contributed by atoms with Gasteiger partial charge >= 0.3 is 0 Å². The lowest BCUT2D eigenvalue weighted by molar-refractivity contribution is 0.673. The second kappa shape index (κ2) is 4.69. The Kier molecular flexibility index (Phi) is 3.43. The maximum absolute atomic E-state index is 6.18. The topological polar surface area (TPSA) is 43.8 Å². The summed E-state index contributed by atoms with van der Waals surface area (Å²) in [6.45, 7) is 1.95. The summed E-state index contributed by atoms with van der Waals surface area (Å²) < 4.78 is 1.68. The van der Waals surface area contributed by atoms with Crippen molar-refractivity contribution in [1.82, 2.24) is 9.78 Å². The van der Waals surface area contributed by atoms with E-state index in [-0.39, 0.29) is 6.04 Å². The van der Waals surface area contributed by atoms with E-state index in [0.717, 1.165) is 16.8 Å². The molecule has 2 N–H and O–H groups in total. The van der Waals surface area contributed by atoms with Crippen LogP contribution in [0.15, 0.2) is 24.4 Å². The molecule has 1 aromatic heterocycles. The number of benzene rings is 1. The second-order valence-corrected chi connectivity index (χ2v) is 4.80. The highest BCUT2D eigenvalue weighted by Gasteiger charge is 2.17. The lowest BCUT2D eigenvalue weighted by atomic mass is 10.0. The quantitative estimate of drug-likeness (QED) is 0.911. The van der Waals surface area contributed by atoms with Gasteiger partial charge in [-0.2, -0.15) is 5.10 Å². The summed E-state index contributed by atoms with van der Waals surface area (Å²) in [5.74, 6) is 0. The van der Waals surface area contributed by atoms with E-state index in [1.165, 1.54) is 0 Å². The van der Waals surface area contributed by atoms with Crippen LogP contribution in [0.1, 0.15) is 22.9 Å². The van der Waals surface area contributed by atoms with Crippen molar-refractivity contribution in [3.05, 3.63) is 51.3 Å². The van der Waals surface area contributed by atoms with Crippen molar-refractivity contribution in [3.63, 3.8) is 0 Å². The average Bonchev–Trinajstić information content (AvgIpc) is 2.62. The molecule has 5 heteroatoms. The van der Waals surface area contributed by atoms with Gasteiger partial charge in [0.2, 0.25) is 0 Å². The molecule has 0 saturated heterocycles. The van der Waals surface area contributed by atoms with Gasteiger partial charge in [-0.05, 0) is 24.1 Å². The van der Waals surface area contributed by atoms with Gasteiger partial charge in [-0.15, -0.1) is 0 Å². The summed E-state index contributed by atoms with van der Waals surface area (Å²) in [6, 6.07) is 5.44. The molecule has 0 radical (unpaired) electrons. The van der Waals surface area contributed by atoms with Crippen LogP contribution in [0.3, 0.4) is 0 Å². The predicted molar refractivity (Wildman–Crippen MR) is 70.4 cm³/mol. The molecule has 0 aliphatic rings. The highest BCUT2D eigenvalue weighted by atomic mass is 35.5. The van der Waals surface area contributed by atoms with Crippen molar-refractivity contribution in [3.8, 4) is 0 Å². The Bertz CT molecular complexity index is 529. The van der Waals surface area contributed by atoms with Gasteiger partial charge in [0.05, 0.1) is 23.0 Å². The third-order valence-electron chi connectivity index (χ3n) is 2.79. The molecule has 0 aliphatic heterocycles. The Hall–Kier alpha value is -1.03. The number of nitrogens with two attached hydrogens (primary N) is 1. The minimum Gasteiger partial charge on any atom is -0.319 e. The fourth-order valence-corrected chi connectivity index (χ4v) is 2.20. The van der Waals surface area contributed by atoms with Gasteiger partial charge in [-0.3, -0.25) is 4.68 Å². The van der Waals surface area contributed by atoms with Gasteiger partial charge in [0, 0.05) is 12.1 Å². The highest BCUT2D eigenvalue weighted by molar-refractivity contribution is 6.31. The summed E-state index contributed by atoms with van der Waals surface area (Å²) in [4.78, 5) is 0. The van der Waals surface area contributed by atoms with Crippen LogP contribution in [0.4, 0.5) is 0 Å². The lowest BCUT2D eigenvalue weighted by Gasteiger charge is -2.14. The maximum atomic E-state index is 6.18. The van der Waals surface area contributed by atoms with E-state index in [1.807, 2.05) is 32.2 Å². The van der Waals surface area contributed by atoms with E-state index in [9.17, 15) is 0 Å². The van der Waals surface area contributed by atoms with E-state index >= 15 is 0 Å². The van der Waals surface area contributed by atoms with Gasteiger partial charge in [0.25, 0.3) is 0 Å². The summed E-state index contributed by atoms with van der Waals surface area (Å²) in [5.41, 5.74) is 8.91. The van der Waals surface area contributed by atoms with Crippen LogP contribution in [0, 0.1) is 6.92 Å². The molecule has 1 aromatic carbocycles. The largest absolute Gasteiger partial charge is 0.319 e. The molecule has 2 aromatic rings. The second-order valence-electron chi connectivity index (χ2n) is 3.99. The number of aromatic nitrogens is 2. The van der Waals surface area contributed by atoms with Crippen LogP contribution < -0.4 is 5.73 Å². The first-order valence-corrected chi connectivity index (χ1v) is 5.95. The van der Waals surface area contributed by atoms with Gasteiger partial charge < -0.3 is 5.73 Å². The number of hydrogen-bond acceptors (Lipinski definition) is 2. The summed E-state index contributed by atoms with van der Waals surface area (Å²) in [6.07, 6.45) is 1.59. The monoisotopic (exact) mass is 269 g/mol. The molecule has 0 bridgehead atoms. The Morgan fingerprint density at radius 1 is 1.29 bits per heavy atom. The fraction of sp³-hybridized carbons (Fsp3) is 0.250. The summed E-state index contributed by atoms with van der Waals surface area (Å²) in [5, 5.41) is 5.35. The molecule has 0 saturated carbocycles. The van der Waals surface area contributed by atoms with Gasteiger partial charge in [0.15, 0.2) is 0 Å². The third kappa shape index (κ3) is 2.32. The van der Waals surface area contributed by atoms with Crippen LogP contribution >= 0.6 is 23.2 Å². The van der Waals surface area contributed by atoms with E-state index in [0.29, 0.717) is 10.0 Å². The highest BCUT2D eigenvalue weighted by Crippen LogP contribution is 2.28. The molecule has 1 atom stereocenters.